The highest BCUT2D eigenvalue weighted by Crippen LogP contribution is 2.15. The van der Waals surface area contributed by atoms with Crippen LogP contribution in [0.15, 0.2) is 73.3 Å². The van der Waals surface area contributed by atoms with E-state index in [0.717, 1.165) is 37.0 Å². The number of unbranched alkanes of at least 4 members (excludes halogenated alkanes) is 3. The largest absolute Gasteiger partial charge is 0.494 e. The zero-order valence-electron chi connectivity index (χ0n) is 16.4. The summed E-state index contributed by atoms with van der Waals surface area (Å²) in [6.07, 6.45) is 8.04. The van der Waals surface area contributed by atoms with Gasteiger partial charge in [-0.05, 0) is 61.6 Å². The van der Waals surface area contributed by atoms with Gasteiger partial charge < -0.3 is 14.2 Å². The van der Waals surface area contributed by atoms with E-state index in [1.807, 2.05) is 42.5 Å². The lowest BCUT2D eigenvalue weighted by molar-refractivity contribution is -0.137. The molecule has 0 spiro atoms. The minimum Gasteiger partial charge on any atom is -0.494 e. The van der Waals surface area contributed by atoms with Crippen LogP contribution in [0.3, 0.4) is 0 Å². The van der Waals surface area contributed by atoms with Gasteiger partial charge in [0.05, 0.1) is 13.2 Å². The van der Waals surface area contributed by atoms with E-state index in [9.17, 15) is 9.59 Å². The van der Waals surface area contributed by atoms with E-state index in [4.69, 9.17) is 14.2 Å². The van der Waals surface area contributed by atoms with Gasteiger partial charge in [-0.25, -0.2) is 9.59 Å². The molecule has 2 rings (SSSR count). The molecule has 0 fully saturated rings. The molecule has 0 amide bonds. The zero-order chi connectivity index (χ0) is 20.7. The average molecular weight is 394 g/mol. The molecule has 0 aliphatic carbocycles. The molecule has 0 aliphatic rings. The number of carbonyl (C=O) groups excluding carboxylic acids is 2. The zero-order valence-corrected chi connectivity index (χ0v) is 16.4. The van der Waals surface area contributed by atoms with E-state index in [2.05, 4.69) is 6.58 Å². The fraction of sp³-hybridized carbons (Fsp3) is 0.250. The van der Waals surface area contributed by atoms with Crippen LogP contribution in [-0.2, 0) is 14.3 Å². The van der Waals surface area contributed by atoms with Crippen LogP contribution in [-0.4, -0.2) is 25.2 Å². The lowest BCUT2D eigenvalue weighted by Gasteiger charge is -2.06. The van der Waals surface area contributed by atoms with Crippen molar-refractivity contribution in [2.24, 2.45) is 0 Å². The van der Waals surface area contributed by atoms with Gasteiger partial charge in [-0.1, -0.05) is 36.9 Å². The van der Waals surface area contributed by atoms with Gasteiger partial charge in [-0.3, -0.25) is 0 Å². The molecule has 0 aliphatic heterocycles. The summed E-state index contributed by atoms with van der Waals surface area (Å²) in [6, 6.07) is 16.5. The molecule has 0 N–H and O–H groups in total. The smallest absolute Gasteiger partial charge is 0.336 e. The first-order chi connectivity index (χ1) is 14.2. The monoisotopic (exact) mass is 394 g/mol. The van der Waals surface area contributed by atoms with Crippen molar-refractivity contribution in [3.05, 3.63) is 78.9 Å². The van der Waals surface area contributed by atoms with Crippen molar-refractivity contribution < 1.29 is 23.8 Å². The summed E-state index contributed by atoms with van der Waals surface area (Å²) in [7, 11) is 0. The number of hydrogen-bond donors (Lipinski definition) is 0. The van der Waals surface area contributed by atoms with Crippen LogP contribution in [0.2, 0.25) is 0 Å². The second-order valence-corrected chi connectivity index (χ2v) is 6.27. The first-order valence-electron chi connectivity index (χ1n) is 9.64. The van der Waals surface area contributed by atoms with E-state index in [1.165, 1.54) is 12.2 Å². The highest BCUT2D eigenvalue weighted by atomic mass is 16.5. The second kappa shape index (κ2) is 12.9. The van der Waals surface area contributed by atoms with Gasteiger partial charge in [0, 0.05) is 12.2 Å². The number of esters is 2. The number of rotatable bonds is 12. The predicted octanol–water partition coefficient (Wildman–Crippen LogP) is 4.97. The molecule has 29 heavy (non-hydrogen) atoms. The summed E-state index contributed by atoms with van der Waals surface area (Å²) < 4.78 is 15.8. The molecule has 0 saturated heterocycles. The van der Waals surface area contributed by atoms with Crippen molar-refractivity contribution >= 4 is 18.0 Å². The summed E-state index contributed by atoms with van der Waals surface area (Å²) in [6.45, 7) is 4.41. The lowest BCUT2D eigenvalue weighted by atomic mass is 10.2. The molecule has 5 nitrogen and oxygen atoms in total. The van der Waals surface area contributed by atoms with Crippen molar-refractivity contribution in [1.82, 2.24) is 0 Å². The van der Waals surface area contributed by atoms with E-state index in [-0.39, 0.29) is 5.97 Å². The van der Waals surface area contributed by atoms with E-state index < -0.39 is 5.97 Å². The fourth-order valence-corrected chi connectivity index (χ4v) is 2.46. The van der Waals surface area contributed by atoms with Crippen LogP contribution in [0, 0.1) is 0 Å². The lowest BCUT2D eigenvalue weighted by Crippen LogP contribution is -2.03. The van der Waals surface area contributed by atoms with E-state index in [0.29, 0.717) is 19.0 Å². The van der Waals surface area contributed by atoms with Gasteiger partial charge in [0.1, 0.15) is 11.5 Å². The summed E-state index contributed by atoms with van der Waals surface area (Å²) in [5.74, 6) is 0.507. The summed E-state index contributed by atoms with van der Waals surface area (Å²) in [4.78, 5) is 22.7. The highest BCUT2D eigenvalue weighted by molar-refractivity contribution is 5.88. The Morgan fingerprint density at radius 2 is 1.48 bits per heavy atom. The molecular formula is C24H26O5. The maximum Gasteiger partial charge on any atom is 0.336 e. The van der Waals surface area contributed by atoms with Crippen LogP contribution in [0.5, 0.6) is 11.5 Å². The van der Waals surface area contributed by atoms with Crippen molar-refractivity contribution in [1.29, 1.82) is 0 Å². The average Bonchev–Trinajstić information content (AvgIpc) is 2.75. The van der Waals surface area contributed by atoms with Gasteiger partial charge in [-0.2, -0.15) is 0 Å². The molecule has 2 aromatic rings. The summed E-state index contributed by atoms with van der Waals surface area (Å²) in [5.41, 5.74) is 0.886. The Morgan fingerprint density at radius 3 is 2.17 bits per heavy atom. The van der Waals surface area contributed by atoms with Gasteiger partial charge in [0.25, 0.3) is 0 Å². The fourth-order valence-electron chi connectivity index (χ4n) is 2.46. The third-order valence-corrected chi connectivity index (χ3v) is 3.97. The first kappa shape index (κ1) is 22.0. The summed E-state index contributed by atoms with van der Waals surface area (Å²) >= 11 is 0. The Kier molecular flexibility index (Phi) is 9.80. The first-order valence-corrected chi connectivity index (χ1v) is 9.64. The van der Waals surface area contributed by atoms with Crippen LogP contribution in [0.4, 0.5) is 0 Å². The van der Waals surface area contributed by atoms with Crippen LogP contribution in [0.1, 0.15) is 31.2 Å². The van der Waals surface area contributed by atoms with Gasteiger partial charge in [0.15, 0.2) is 0 Å². The maximum atomic E-state index is 11.8. The molecule has 2 aromatic carbocycles. The quantitative estimate of drug-likeness (QED) is 0.220. The minimum absolute atomic E-state index is 0.375. The number of hydrogen-bond acceptors (Lipinski definition) is 5. The van der Waals surface area contributed by atoms with Crippen molar-refractivity contribution in [2.75, 3.05) is 13.2 Å². The Morgan fingerprint density at radius 1 is 0.793 bits per heavy atom. The van der Waals surface area contributed by atoms with Gasteiger partial charge >= 0.3 is 11.9 Å². The minimum atomic E-state index is -0.421. The van der Waals surface area contributed by atoms with E-state index >= 15 is 0 Å². The summed E-state index contributed by atoms with van der Waals surface area (Å²) in [5, 5.41) is 0. The molecule has 0 bridgehead atoms. The third-order valence-electron chi connectivity index (χ3n) is 3.97. The maximum absolute atomic E-state index is 11.8. The van der Waals surface area contributed by atoms with Crippen molar-refractivity contribution in [3.8, 4) is 11.5 Å². The molecule has 152 valence electrons. The molecular weight excluding hydrogens is 368 g/mol. The van der Waals surface area contributed by atoms with E-state index in [1.54, 1.807) is 18.2 Å². The van der Waals surface area contributed by atoms with Crippen molar-refractivity contribution in [2.45, 2.75) is 25.7 Å². The Labute approximate surface area is 171 Å². The van der Waals surface area contributed by atoms with Crippen molar-refractivity contribution in [3.63, 3.8) is 0 Å². The number of ether oxygens (including phenoxy) is 3. The normalized spacial score (nSPS) is 10.5. The topological polar surface area (TPSA) is 61.8 Å². The van der Waals surface area contributed by atoms with Crippen LogP contribution < -0.4 is 9.47 Å². The highest BCUT2D eigenvalue weighted by Gasteiger charge is 2.00. The Balaban J connectivity index is 1.61. The SMILES string of the molecule is C=CC(=O)OCCCCCCOc1ccc(C=CC(=O)Oc2ccccc2)cc1. The van der Waals surface area contributed by atoms with Gasteiger partial charge in [-0.15, -0.1) is 0 Å². The number of carbonyl (C=O) groups is 2. The predicted molar refractivity (Wildman–Crippen MR) is 113 cm³/mol. The Hall–Kier alpha value is -3.34. The molecule has 0 saturated carbocycles. The Bertz CT molecular complexity index is 794. The molecule has 0 unspecified atom stereocenters. The third kappa shape index (κ3) is 9.42. The number of benzene rings is 2. The van der Waals surface area contributed by atoms with Gasteiger partial charge in [0.2, 0.25) is 0 Å². The molecule has 5 heteroatoms. The molecule has 0 aromatic heterocycles. The molecule has 0 heterocycles. The second-order valence-electron chi connectivity index (χ2n) is 6.27. The van der Waals surface area contributed by atoms with Crippen LogP contribution >= 0.6 is 0 Å². The number of para-hydroxylation sites is 1. The molecule has 0 atom stereocenters. The standard InChI is InChI=1S/C24H26O5/c1-2-23(25)28-19-9-4-3-8-18-27-21-15-12-20(13-16-21)14-17-24(26)29-22-10-6-5-7-11-22/h2,5-7,10-17H,1,3-4,8-9,18-19H2. The molecule has 0 radical (unpaired) electrons. The van der Waals surface area contributed by atoms with Crippen LogP contribution in [0.25, 0.3) is 6.08 Å².